The highest BCUT2D eigenvalue weighted by Gasteiger charge is 2.19. The highest BCUT2D eigenvalue weighted by molar-refractivity contribution is 5.97. The number of hydrogen-bond acceptors (Lipinski definition) is 3. The van der Waals surface area contributed by atoms with Gasteiger partial charge in [-0.25, -0.2) is 4.98 Å². The average molecular weight is 295 g/mol. The van der Waals surface area contributed by atoms with Crippen LogP contribution in [0, 0.1) is 5.92 Å². The second-order valence-electron chi connectivity index (χ2n) is 5.78. The maximum Gasteiger partial charge on any atom is 0.251 e. The minimum atomic E-state index is -0.0282. The Kier molecular flexibility index (Phi) is 3.14. The number of aryl methyl sites for hydroxylation is 1. The number of carbonyl (C=O) groups is 1. The van der Waals surface area contributed by atoms with Crippen LogP contribution in [0.2, 0.25) is 0 Å². The molecular weight excluding hydrogens is 278 g/mol. The van der Waals surface area contributed by atoms with Crippen molar-refractivity contribution in [2.24, 2.45) is 5.92 Å². The molecule has 0 fully saturated rings. The van der Waals surface area contributed by atoms with Crippen LogP contribution in [0.5, 0.6) is 0 Å². The maximum absolute atomic E-state index is 12.3. The molecule has 0 radical (unpaired) electrons. The zero-order chi connectivity index (χ0) is 14.9. The molecule has 0 bridgehead atoms. The molecule has 1 atom stereocenters. The number of aromatic nitrogens is 4. The fraction of sp³-hybridized carbons (Fsp3) is 0.312. The maximum atomic E-state index is 12.3. The van der Waals surface area contributed by atoms with Crippen LogP contribution >= 0.6 is 0 Å². The lowest BCUT2D eigenvalue weighted by Gasteiger charge is -2.23. The molecule has 4 rings (SSSR count). The van der Waals surface area contributed by atoms with Gasteiger partial charge in [0.25, 0.3) is 5.91 Å². The third-order valence-corrected chi connectivity index (χ3v) is 4.29. The highest BCUT2D eigenvalue weighted by atomic mass is 16.1. The van der Waals surface area contributed by atoms with Gasteiger partial charge in [-0.3, -0.25) is 9.89 Å². The summed E-state index contributed by atoms with van der Waals surface area (Å²) >= 11 is 0. The second kappa shape index (κ2) is 5.29. The summed E-state index contributed by atoms with van der Waals surface area (Å²) < 4.78 is 2.18. The van der Waals surface area contributed by atoms with Crippen molar-refractivity contribution in [3.8, 4) is 0 Å². The molecule has 6 heteroatoms. The molecule has 1 unspecified atom stereocenters. The molecular formula is C16H17N5O. The van der Waals surface area contributed by atoms with Crippen molar-refractivity contribution in [1.29, 1.82) is 0 Å². The Labute approximate surface area is 127 Å². The monoisotopic (exact) mass is 295 g/mol. The van der Waals surface area contributed by atoms with Crippen molar-refractivity contribution >= 4 is 16.8 Å². The molecule has 112 valence electrons. The van der Waals surface area contributed by atoms with Crippen LogP contribution in [-0.2, 0) is 13.0 Å². The molecule has 6 nitrogen and oxygen atoms in total. The van der Waals surface area contributed by atoms with E-state index in [-0.39, 0.29) is 5.91 Å². The standard InChI is InChI=1S/C16H17N5O/c22-16(12-2-3-14-13(7-12)9-19-20-14)18-8-11-1-4-15-17-5-6-21(15)10-11/h2-3,5-7,9,11H,1,4,8,10H2,(H,18,22)(H,19,20). The molecule has 2 N–H and O–H groups in total. The van der Waals surface area contributed by atoms with Crippen molar-refractivity contribution in [1.82, 2.24) is 25.1 Å². The predicted octanol–water partition coefficient (Wildman–Crippen LogP) is 1.75. The van der Waals surface area contributed by atoms with E-state index in [1.165, 1.54) is 0 Å². The van der Waals surface area contributed by atoms with Crippen molar-refractivity contribution in [2.75, 3.05) is 6.54 Å². The SMILES string of the molecule is O=C(NCC1CCc2nccn2C1)c1ccc2[nH]ncc2c1. The van der Waals surface area contributed by atoms with Crippen LogP contribution in [0.4, 0.5) is 0 Å². The average Bonchev–Trinajstić information content (AvgIpc) is 3.19. The largest absolute Gasteiger partial charge is 0.352 e. The summed E-state index contributed by atoms with van der Waals surface area (Å²) in [5.74, 6) is 1.58. The number of fused-ring (bicyclic) bond motifs is 2. The van der Waals surface area contributed by atoms with Crippen molar-refractivity contribution in [2.45, 2.75) is 19.4 Å². The van der Waals surface area contributed by atoms with E-state index in [1.54, 1.807) is 6.20 Å². The number of nitrogens with zero attached hydrogens (tertiary/aromatic N) is 3. The molecule has 0 spiro atoms. The number of nitrogens with one attached hydrogen (secondary N) is 2. The molecule has 3 aromatic rings. The second-order valence-corrected chi connectivity index (χ2v) is 5.78. The van der Waals surface area contributed by atoms with Gasteiger partial charge < -0.3 is 9.88 Å². The summed E-state index contributed by atoms with van der Waals surface area (Å²) in [6.45, 7) is 1.62. The lowest BCUT2D eigenvalue weighted by molar-refractivity contribution is 0.0944. The van der Waals surface area contributed by atoms with Gasteiger partial charge in [-0.05, 0) is 30.5 Å². The Morgan fingerprint density at radius 2 is 2.41 bits per heavy atom. The molecule has 22 heavy (non-hydrogen) atoms. The Morgan fingerprint density at radius 3 is 3.36 bits per heavy atom. The molecule has 0 saturated heterocycles. The van der Waals surface area contributed by atoms with Gasteiger partial charge in [0.2, 0.25) is 0 Å². The quantitative estimate of drug-likeness (QED) is 0.773. The lowest BCUT2D eigenvalue weighted by Crippen LogP contribution is -2.33. The molecule has 2 aromatic heterocycles. The number of amides is 1. The van der Waals surface area contributed by atoms with Gasteiger partial charge in [0.05, 0.1) is 11.7 Å². The fourth-order valence-corrected chi connectivity index (χ4v) is 3.03. The Hall–Kier alpha value is -2.63. The smallest absolute Gasteiger partial charge is 0.251 e. The van der Waals surface area contributed by atoms with Gasteiger partial charge in [0, 0.05) is 42.9 Å². The lowest BCUT2D eigenvalue weighted by atomic mass is 9.99. The first kappa shape index (κ1) is 13.1. The molecule has 3 heterocycles. The first-order valence-corrected chi connectivity index (χ1v) is 7.51. The van der Waals surface area contributed by atoms with Gasteiger partial charge in [-0.15, -0.1) is 0 Å². The number of carbonyl (C=O) groups excluding carboxylic acids is 1. The Bertz CT molecular complexity index is 819. The minimum Gasteiger partial charge on any atom is -0.352 e. The fourth-order valence-electron chi connectivity index (χ4n) is 3.03. The van der Waals surface area contributed by atoms with Crippen LogP contribution in [-0.4, -0.2) is 32.2 Å². The van der Waals surface area contributed by atoms with Gasteiger partial charge in [0.1, 0.15) is 5.82 Å². The number of imidazole rings is 1. The van der Waals surface area contributed by atoms with E-state index in [9.17, 15) is 4.79 Å². The van der Waals surface area contributed by atoms with Gasteiger partial charge in [-0.1, -0.05) is 0 Å². The summed E-state index contributed by atoms with van der Waals surface area (Å²) in [5, 5.41) is 10.9. The summed E-state index contributed by atoms with van der Waals surface area (Å²) in [6.07, 6.45) is 7.63. The number of aromatic amines is 1. The molecule has 1 aliphatic heterocycles. The third-order valence-electron chi connectivity index (χ3n) is 4.29. The van der Waals surface area contributed by atoms with E-state index < -0.39 is 0 Å². The minimum absolute atomic E-state index is 0.0282. The van der Waals surface area contributed by atoms with E-state index in [0.717, 1.165) is 36.1 Å². The van der Waals surface area contributed by atoms with Crippen LogP contribution in [0.15, 0.2) is 36.8 Å². The Balaban J connectivity index is 1.40. The van der Waals surface area contributed by atoms with Crippen LogP contribution < -0.4 is 5.32 Å². The first-order valence-electron chi connectivity index (χ1n) is 7.51. The highest BCUT2D eigenvalue weighted by Crippen LogP contribution is 2.18. The first-order chi connectivity index (χ1) is 10.8. The van der Waals surface area contributed by atoms with E-state index in [2.05, 4.69) is 25.1 Å². The third kappa shape index (κ3) is 2.36. The van der Waals surface area contributed by atoms with Gasteiger partial charge in [0.15, 0.2) is 0 Å². The normalized spacial score (nSPS) is 17.4. The Morgan fingerprint density at radius 1 is 1.45 bits per heavy atom. The molecule has 0 aliphatic carbocycles. The molecule has 1 amide bonds. The number of H-pyrrole nitrogens is 1. The van der Waals surface area contributed by atoms with Crippen molar-refractivity contribution in [3.63, 3.8) is 0 Å². The summed E-state index contributed by atoms with van der Waals surface area (Å²) in [7, 11) is 0. The van der Waals surface area contributed by atoms with E-state index >= 15 is 0 Å². The van der Waals surface area contributed by atoms with Crippen LogP contribution in [0.3, 0.4) is 0 Å². The zero-order valence-electron chi connectivity index (χ0n) is 12.1. The van der Waals surface area contributed by atoms with Crippen LogP contribution in [0.25, 0.3) is 10.9 Å². The number of hydrogen-bond donors (Lipinski definition) is 2. The molecule has 1 aromatic carbocycles. The van der Waals surface area contributed by atoms with E-state index in [4.69, 9.17) is 0 Å². The molecule has 1 aliphatic rings. The summed E-state index contributed by atoms with van der Waals surface area (Å²) in [6, 6.07) is 5.57. The van der Waals surface area contributed by atoms with Crippen molar-refractivity contribution in [3.05, 3.63) is 48.2 Å². The van der Waals surface area contributed by atoms with Gasteiger partial charge >= 0.3 is 0 Å². The van der Waals surface area contributed by atoms with Crippen molar-refractivity contribution < 1.29 is 4.79 Å². The number of rotatable bonds is 3. The summed E-state index contributed by atoms with van der Waals surface area (Å²) in [5.41, 5.74) is 1.62. The predicted molar refractivity (Wildman–Crippen MR) is 82.5 cm³/mol. The van der Waals surface area contributed by atoms with Gasteiger partial charge in [-0.2, -0.15) is 5.10 Å². The topological polar surface area (TPSA) is 75.6 Å². The molecule has 0 saturated carbocycles. The van der Waals surface area contributed by atoms with E-state index in [0.29, 0.717) is 18.0 Å². The summed E-state index contributed by atoms with van der Waals surface area (Å²) in [4.78, 5) is 16.6. The van der Waals surface area contributed by atoms with E-state index in [1.807, 2.05) is 30.6 Å². The van der Waals surface area contributed by atoms with Crippen LogP contribution in [0.1, 0.15) is 22.6 Å². The zero-order valence-corrected chi connectivity index (χ0v) is 12.1. The number of benzene rings is 1.